The Morgan fingerprint density at radius 2 is 1.53 bits per heavy atom. The molecule has 2 amide bonds. The fourth-order valence-electron chi connectivity index (χ4n) is 3.69. The van der Waals surface area contributed by atoms with Crippen molar-refractivity contribution in [1.82, 2.24) is 10.2 Å². The van der Waals surface area contributed by atoms with Gasteiger partial charge >= 0.3 is 0 Å². The maximum atomic E-state index is 13.7. The van der Waals surface area contributed by atoms with Crippen LogP contribution in [0.2, 0.25) is 10.0 Å². The van der Waals surface area contributed by atoms with Crippen molar-refractivity contribution in [3.8, 4) is 0 Å². The number of nitrogens with zero attached hydrogens (tertiary/aromatic N) is 2. The number of anilines is 1. The average Bonchev–Trinajstić information content (AvgIpc) is 2.79. The lowest BCUT2D eigenvalue weighted by atomic mass is 10.0. The van der Waals surface area contributed by atoms with Crippen molar-refractivity contribution in [3.05, 3.63) is 63.6 Å². The number of para-hydroxylation sites is 1. The summed E-state index contributed by atoms with van der Waals surface area (Å²) in [5, 5.41) is 3.54. The molecule has 0 saturated heterocycles. The zero-order chi connectivity index (χ0) is 27.2. The molecular formula is C26H35Cl2N3O4S. The summed E-state index contributed by atoms with van der Waals surface area (Å²) < 4.78 is 26.8. The Kier molecular flexibility index (Phi) is 10.6. The second kappa shape index (κ2) is 12.8. The van der Waals surface area contributed by atoms with Crippen LogP contribution in [-0.4, -0.2) is 50.5 Å². The Bertz CT molecular complexity index is 1170. The van der Waals surface area contributed by atoms with Gasteiger partial charge < -0.3 is 10.2 Å². The molecule has 2 aromatic carbocycles. The number of carbonyl (C=O) groups is 2. The van der Waals surface area contributed by atoms with E-state index in [-0.39, 0.29) is 24.3 Å². The number of rotatable bonds is 11. The first-order valence-corrected chi connectivity index (χ1v) is 14.4. The van der Waals surface area contributed by atoms with Crippen LogP contribution in [0.1, 0.15) is 51.7 Å². The van der Waals surface area contributed by atoms with Crippen LogP contribution in [0.5, 0.6) is 0 Å². The lowest BCUT2D eigenvalue weighted by molar-refractivity contribution is -0.139. The van der Waals surface area contributed by atoms with Gasteiger partial charge in [0.1, 0.15) is 12.6 Å². The summed E-state index contributed by atoms with van der Waals surface area (Å²) in [5.41, 5.74) is 1.70. The van der Waals surface area contributed by atoms with Crippen molar-refractivity contribution in [1.29, 1.82) is 0 Å². The van der Waals surface area contributed by atoms with Gasteiger partial charge in [0, 0.05) is 28.7 Å². The predicted molar refractivity (Wildman–Crippen MR) is 147 cm³/mol. The van der Waals surface area contributed by atoms with Gasteiger partial charge in [-0.05, 0) is 42.5 Å². The van der Waals surface area contributed by atoms with Crippen LogP contribution in [0.4, 0.5) is 5.69 Å². The van der Waals surface area contributed by atoms with Crippen LogP contribution in [0.3, 0.4) is 0 Å². The van der Waals surface area contributed by atoms with Crippen LogP contribution in [0.25, 0.3) is 0 Å². The van der Waals surface area contributed by atoms with E-state index in [0.29, 0.717) is 27.8 Å². The molecule has 36 heavy (non-hydrogen) atoms. The normalized spacial score (nSPS) is 12.5. The summed E-state index contributed by atoms with van der Waals surface area (Å²) in [6.07, 6.45) is 1.06. The molecule has 1 atom stereocenters. The highest BCUT2D eigenvalue weighted by molar-refractivity contribution is 7.92. The minimum atomic E-state index is -3.83. The molecule has 10 heteroatoms. The van der Waals surface area contributed by atoms with E-state index in [2.05, 4.69) is 5.32 Å². The van der Waals surface area contributed by atoms with Gasteiger partial charge in [0.15, 0.2) is 0 Å². The summed E-state index contributed by atoms with van der Waals surface area (Å²) in [6.45, 7) is 9.34. The molecule has 1 N–H and O–H groups in total. The maximum Gasteiger partial charge on any atom is 0.244 e. The van der Waals surface area contributed by atoms with Gasteiger partial charge in [0.25, 0.3) is 0 Å². The average molecular weight is 557 g/mol. The molecule has 0 aliphatic heterocycles. The van der Waals surface area contributed by atoms with Gasteiger partial charge in [-0.3, -0.25) is 13.9 Å². The number of sulfonamides is 1. The second-order valence-corrected chi connectivity index (χ2v) is 12.2. The van der Waals surface area contributed by atoms with Gasteiger partial charge in [0.2, 0.25) is 21.8 Å². The third-order valence-electron chi connectivity index (χ3n) is 5.75. The molecule has 2 aromatic rings. The standard InChI is InChI=1S/C26H35Cl2N3O4S/c1-17(2)14-29-26(33)19(5)30(15-21-22(27)11-9-12-23(21)28)25(32)16-31(36(6,34)35)24-13-8-7-10-20(24)18(3)4/h7-13,17-19H,14-16H2,1-6H3,(H,29,33)/t19-/m0/s1. The molecule has 0 radical (unpaired) electrons. The fraction of sp³-hybridized carbons (Fsp3) is 0.462. The number of carbonyl (C=O) groups excluding carboxylic acids is 2. The molecule has 0 heterocycles. The van der Waals surface area contributed by atoms with E-state index in [1.165, 1.54) is 4.90 Å². The smallest absolute Gasteiger partial charge is 0.244 e. The van der Waals surface area contributed by atoms with Crippen LogP contribution in [0, 0.1) is 5.92 Å². The van der Waals surface area contributed by atoms with Crippen molar-refractivity contribution >= 4 is 50.7 Å². The number of benzene rings is 2. The van der Waals surface area contributed by atoms with E-state index >= 15 is 0 Å². The summed E-state index contributed by atoms with van der Waals surface area (Å²) >= 11 is 12.7. The third kappa shape index (κ3) is 7.85. The zero-order valence-electron chi connectivity index (χ0n) is 21.6. The molecule has 0 aliphatic rings. The molecule has 0 saturated carbocycles. The Balaban J connectivity index is 2.49. The van der Waals surface area contributed by atoms with E-state index in [9.17, 15) is 18.0 Å². The fourth-order valence-corrected chi connectivity index (χ4v) is 5.07. The molecule has 7 nitrogen and oxygen atoms in total. The summed E-state index contributed by atoms with van der Waals surface area (Å²) in [4.78, 5) is 28.0. The van der Waals surface area contributed by atoms with E-state index < -0.39 is 28.5 Å². The van der Waals surface area contributed by atoms with E-state index in [1.54, 1.807) is 37.3 Å². The molecule has 0 fully saturated rings. The Labute approximate surface area is 224 Å². The van der Waals surface area contributed by atoms with Crippen molar-refractivity contribution in [3.63, 3.8) is 0 Å². The maximum absolute atomic E-state index is 13.7. The lowest BCUT2D eigenvalue weighted by Crippen LogP contribution is -2.51. The number of hydrogen-bond donors (Lipinski definition) is 1. The summed E-state index contributed by atoms with van der Waals surface area (Å²) in [6, 6.07) is 11.2. The highest BCUT2D eigenvalue weighted by atomic mass is 35.5. The monoisotopic (exact) mass is 555 g/mol. The first kappa shape index (κ1) is 29.9. The van der Waals surface area contributed by atoms with Gasteiger partial charge in [-0.1, -0.05) is 75.2 Å². The Morgan fingerprint density at radius 3 is 2.06 bits per heavy atom. The van der Waals surface area contributed by atoms with E-state index in [1.807, 2.05) is 39.8 Å². The minimum absolute atomic E-state index is 0.0271. The summed E-state index contributed by atoms with van der Waals surface area (Å²) in [5.74, 6) is -0.660. The van der Waals surface area contributed by atoms with E-state index in [4.69, 9.17) is 23.2 Å². The highest BCUT2D eigenvalue weighted by Crippen LogP contribution is 2.30. The van der Waals surface area contributed by atoms with Gasteiger partial charge in [-0.2, -0.15) is 0 Å². The molecule has 198 valence electrons. The predicted octanol–water partition coefficient (Wildman–Crippen LogP) is 5.07. The molecule has 2 rings (SSSR count). The molecule has 0 aromatic heterocycles. The lowest BCUT2D eigenvalue weighted by Gasteiger charge is -2.32. The van der Waals surface area contributed by atoms with Gasteiger partial charge in [0.05, 0.1) is 11.9 Å². The number of amides is 2. The zero-order valence-corrected chi connectivity index (χ0v) is 23.9. The quantitative estimate of drug-likeness (QED) is 0.419. The van der Waals surface area contributed by atoms with Crippen LogP contribution in [0.15, 0.2) is 42.5 Å². The topological polar surface area (TPSA) is 86.8 Å². The molecule has 0 aliphatic carbocycles. The van der Waals surface area contributed by atoms with Crippen LogP contribution >= 0.6 is 23.2 Å². The molecule has 0 bridgehead atoms. The SMILES string of the molecule is CC(C)CNC(=O)[C@H](C)N(Cc1c(Cl)cccc1Cl)C(=O)CN(c1ccccc1C(C)C)S(C)(=O)=O. The van der Waals surface area contributed by atoms with E-state index in [0.717, 1.165) is 16.1 Å². The first-order valence-electron chi connectivity index (χ1n) is 11.8. The number of hydrogen-bond acceptors (Lipinski definition) is 4. The number of nitrogens with one attached hydrogen (secondary N) is 1. The first-order chi connectivity index (χ1) is 16.7. The highest BCUT2D eigenvalue weighted by Gasteiger charge is 2.31. The van der Waals surface area contributed by atoms with Crippen LogP contribution in [-0.2, 0) is 26.2 Å². The Hall–Kier alpha value is -2.29. The second-order valence-electron chi connectivity index (χ2n) is 9.52. The molecular weight excluding hydrogens is 521 g/mol. The molecule has 0 spiro atoms. The van der Waals surface area contributed by atoms with Crippen LogP contribution < -0.4 is 9.62 Å². The number of halogens is 2. The van der Waals surface area contributed by atoms with Crippen molar-refractivity contribution in [2.24, 2.45) is 5.92 Å². The van der Waals surface area contributed by atoms with Crippen molar-refractivity contribution in [2.75, 3.05) is 23.7 Å². The molecule has 0 unspecified atom stereocenters. The third-order valence-corrected chi connectivity index (χ3v) is 7.58. The van der Waals surface area contributed by atoms with Gasteiger partial charge in [-0.15, -0.1) is 0 Å². The van der Waals surface area contributed by atoms with Gasteiger partial charge in [-0.25, -0.2) is 8.42 Å². The Morgan fingerprint density at radius 1 is 0.944 bits per heavy atom. The van der Waals surface area contributed by atoms with Crippen molar-refractivity contribution in [2.45, 2.75) is 53.1 Å². The van der Waals surface area contributed by atoms with Crippen molar-refractivity contribution < 1.29 is 18.0 Å². The summed E-state index contributed by atoms with van der Waals surface area (Å²) in [7, 11) is -3.83. The minimum Gasteiger partial charge on any atom is -0.354 e. The largest absolute Gasteiger partial charge is 0.354 e.